The van der Waals surface area contributed by atoms with Crippen LogP contribution in [0.1, 0.15) is 72.8 Å². The second-order valence-electron chi connectivity index (χ2n) is 8.95. The van der Waals surface area contributed by atoms with E-state index in [0.717, 1.165) is 43.6 Å². The smallest absolute Gasteiger partial charge is 0.249 e. The van der Waals surface area contributed by atoms with Crippen molar-refractivity contribution in [3.8, 4) is 0 Å². The summed E-state index contributed by atoms with van der Waals surface area (Å²) in [6.45, 7) is 13.1. The standard InChI is InChI=1S/C29H40N4O.C2H6/c1-5-12-26(19-18-23(4)14-8-6-7-13-22(2)3)33-20-10-9-17-27(29(33)34)32-25-16-11-15-24(21-25)28(30)31;1-2/h6-8,11-16,18-19,21,23,27,32H,5,9-10,17,20H2,1-4H3,(H3,30,31);1-2H3/b7-6-,14-8+,19-18-,26-12+;. The molecule has 0 aromatic heterocycles. The molecule has 196 valence electrons. The van der Waals surface area contributed by atoms with Gasteiger partial charge in [-0.15, -0.1) is 0 Å². The largest absolute Gasteiger partial charge is 0.384 e. The fraction of sp³-hybridized carbons (Fsp3) is 0.419. The Hall–Kier alpha value is -3.34. The van der Waals surface area contributed by atoms with Gasteiger partial charge in [0, 0.05) is 23.5 Å². The summed E-state index contributed by atoms with van der Waals surface area (Å²) >= 11 is 0. The van der Waals surface area contributed by atoms with Crippen LogP contribution in [0.3, 0.4) is 0 Å². The van der Waals surface area contributed by atoms with Gasteiger partial charge in [0.05, 0.1) is 0 Å². The van der Waals surface area contributed by atoms with Crippen LogP contribution in [0.15, 0.2) is 84.1 Å². The van der Waals surface area contributed by atoms with E-state index in [1.807, 2.05) is 49.1 Å². The van der Waals surface area contributed by atoms with Gasteiger partial charge in [-0.3, -0.25) is 10.2 Å². The van der Waals surface area contributed by atoms with Crippen molar-refractivity contribution < 1.29 is 4.79 Å². The molecule has 2 atom stereocenters. The fourth-order valence-corrected chi connectivity index (χ4v) is 3.75. The van der Waals surface area contributed by atoms with Crippen molar-refractivity contribution in [2.75, 3.05) is 11.9 Å². The second-order valence-corrected chi connectivity index (χ2v) is 8.95. The molecule has 5 heteroatoms. The predicted octanol–water partition coefficient (Wildman–Crippen LogP) is 7.35. The molecule has 2 rings (SSSR count). The van der Waals surface area contributed by atoms with E-state index in [1.165, 1.54) is 5.57 Å². The minimum absolute atomic E-state index is 0.0198. The van der Waals surface area contributed by atoms with Crippen molar-refractivity contribution in [2.24, 2.45) is 11.7 Å². The minimum atomic E-state index is -0.309. The number of hydrogen-bond donors (Lipinski definition) is 3. The Morgan fingerprint density at radius 1 is 1.19 bits per heavy atom. The zero-order chi connectivity index (χ0) is 26.9. The molecule has 2 unspecified atom stereocenters. The molecule has 1 aliphatic rings. The molecule has 0 saturated carbocycles. The molecule has 1 heterocycles. The van der Waals surface area contributed by atoms with Crippen molar-refractivity contribution in [3.05, 3.63) is 89.7 Å². The summed E-state index contributed by atoms with van der Waals surface area (Å²) < 4.78 is 0. The van der Waals surface area contributed by atoms with E-state index in [1.54, 1.807) is 6.07 Å². The predicted molar refractivity (Wildman–Crippen MR) is 156 cm³/mol. The topological polar surface area (TPSA) is 82.2 Å². The third-order valence-electron chi connectivity index (χ3n) is 5.57. The first-order valence-electron chi connectivity index (χ1n) is 13.2. The first-order chi connectivity index (χ1) is 17.3. The molecule has 5 nitrogen and oxygen atoms in total. The summed E-state index contributed by atoms with van der Waals surface area (Å²) in [6.07, 6.45) is 20.3. The number of nitrogens with zero attached hydrogens (tertiary/aromatic N) is 1. The highest BCUT2D eigenvalue weighted by atomic mass is 16.2. The van der Waals surface area contributed by atoms with E-state index >= 15 is 0 Å². The Morgan fingerprint density at radius 2 is 1.94 bits per heavy atom. The first kappa shape index (κ1) is 30.7. The Balaban J connectivity index is 0.00000316. The van der Waals surface area contributed by atoms with Crippen molar-refractivity contribution in [3.63, 3.8) is 0 Å². The Labute approximate surface area is 219 Å². The number of benzene rings is 1. The molecule has 0 bridgehead atoms. The average molecular weight is 491 g/mol. The molecule has 1 amide bonds. The summed E-state index contributed by atoms with van der Waals surface area (Å²) in [5.41, 5.74) is 9.32. The van der Waals surface area contributed by atoms with Crippen LogP contribution in [-0.4, -0.2) is 29.2 Å². The third-order valence-corrected chi connectivity index (χ3v) is 5.57. The number of amides is 1. The number of amidine groups is 1. The van der Waals surface area contributed by atoms with Crippen LogP contribution in [-0.2, 0) is 4.79 Å². The van der Waals surface area contributed by atoms with E-state index < -0.39 is 0 Å². The van der Waals surface area contributed by atoms with Gasteiger partial charge in [-0.1, -0.05) is 87.9 Å². The molecule has 0 radical (unpaired) electrons. The SMILES string of the molecule is CC.CC/C=C(\C=C/C(C)/C=C/C=C\C=C(C)C)N1CCCCC(Nc2cccc(C(=N)N)c2)C1=O. The highest BCUT2D eigenvalue weighted by Crippen LogP contribution is 2.22. The van der Waals surface area contributed by atoms with Crippen LogP contribution in [0.4, 0.5) is 5.69 Å². The number of carbonyl (C=O) groups is 1. The highest BCUT2D eigenvalue weighted by molar-refractivity contribution is 5.96. The maximum absolute atomic E-state index is 13.5. The Kier molecular flexibility index (Phi) is 14.6. The van der Waals surface area contributed by atoms with Crippen LogP contribution in [0, 0.1) is 11.3 Å². The number of allylic oxidation sites excluding steroid dienone is 9. The van der Waals surface area contributed by atoms with Gasteiger partial charge in [-0.2, -0.15) is 0 Å². The lowest BCUT2D eigenvalue weighted by molar-refractivity contribution is -0.129. The van der Waals surface area contributed by atoms with Crippen molar-refractivity contribution in [1.82, 2.24) is 4.90 Å². The lowest BCUT2D eigenvalue weighted by atomic mass is 10.1. The van der Waals surface area contributed by atoms with E-state index in [4.69, 9.17) is 11.1 Å². The molecule has 36 heavy (non-hydrogen) atoms. The molecule has 1 aromatic carbocycles. The molecule has 1 aromatic rings. The van der Waals surface area contributed by atoms with E-state index in [9.17, 15) is 4.79 Å². The van der Waals surface area contributed by atoms with E-state index in [-0.39, 0.29) is 23.7 Å². The molecule has 4 N–H and O–H groups in total. The molecule has 0 spiro atoms. The van der Waals surface area contributed by atoms with Gasteiger partial charge in [0.25, 0.3) is 0 Å². The maximum atomic E-state index is 13.5. The summed E-state index contributed by atoms with van der Waals surface area (Å²) in [4.78, 5) is 15.4. The van der Waals surface area contributed by atoms with Crippen LogP contribution in [0.5, 0.6) is 0 Å². The molecular formula is C31H46N4O. The first-order valence-corrected chi connectivity index (χ1v) is 13.2. The van der Waals surface area contributed by atoms with E-state index in [0.29, 0.717) is 5.56 Å². The molecule has 0 aliphatic carbocycles. The molecule has 1 fully saturated rings. The van der Waals surface area contributed by atoms with Crippen molar-refractivity contribution in [2.45, 2.75) is 73.3 Å². The third kappa shape index (κ3) is 10.9. The van der Waals surface area contributed by atoms with Gasteiger partial charge in [-0.05, 0) is 63.7 Å². The highest BCUT2D eigenvalue weighted by Gasteiger charge is 2.28. The average Bonchev–Trinajstić information content (AvgIpc) is 3.04. The quantitative estimate of drug-likeness (QED) is 0.182. The molecule has 1 saturated heterocycles. The summed E-state index contributed by atoms with van der Waals surface area (Å²) in [5, 5.41) is 11.1. The molecular weight excluding hydrogens is 444 g/mol. The number of likely N-dealkylation sites (tertiary alicyclic amines) is 1. The van der Waals surface area contributed by atoms with Crippen LogP contribution in [0.2, 0.25) is 0 Å². The van der Waals surface area contributed by atoms with Gasteiger partial charge in [0.2, 0.25) is 5.91 Å². The fourth-order valence-electron chi connectivity index (χ4n) is 3.75. The summed E-state index contributed by atoms with van der Waals surface area (Å²) in [5.74, 6) is 0.358. The van der Waals surface area contributed by atoms with Gasteiger partial charge in [-0.25, -0.2) is 0 Å². The lowest BCUT2D eigenvalue weighted by Crippen LogP contribution is -2.40. The normalized spacial score (nSPS) is 17.6. The number of carbonyl (C=O) groups excluding carboxylic acids is 1. The van der Waals surface area contributed by atoms with Crippen molar-refractivity contribution in [1.29, 1.82) is 5.41 Å². The van der Waals surface area contributed by atoms with E-state index in [2.05, 4.69) is 69.5 Å². The molecule has 1 aliphatic heterocycles. The number of hydrogen-bond acceptors (Lipinski definition) is 3. The number of nitrogens with one attached hydrogen (secondary N) is 2. The second kappa shape index (κ2) is 17.1. The monoisotopic (exact) mass is 490 g/mol. The van der Waals surface area contributed by atoms with Gasteiger partial charge >= 0.3 is 0 Å². The number of anilines is 1. The van der Waals surface area contributed by atoms with Gasteiger partial charge < -0.3 is 16.0 Å². The zero-order valence-corrected chi connectivity index (χ0v) is 23.1. The Morgan fingerprint density at radius 3 is 2.61 bits per heavy atom. The van der Waals surface area contributed by atoms with Gasteiger partial charge in [0.1, 0.15) is 11.9 Å². The maximum Gasteiger partial charge on any atom is 0.249 e. The lowest BCUT2D eigenvalue weighted by Gasteiger charge is -2.27. The zero-order valence-electron chi connectivity index (χ0n) is 23.1. The number of rotatable bonds is 10. The van der Waals surface area contributed by atoms with Gasteiger partial charge in [0.15, 0.2) is 0 Å². The van der Waals surface area contributed by atoms with Crippen LogP contribution < -0.4 is 11.1 Å². The van der Waals surface area contributed by atoms with Crippen LogP contribution >= 0.6 is 0 Å². The number of nitrogens with two attached hydrogens (primary N) is 1. The number of nitrogen functional groups attached to an aromatic ring is 1. The minimum Gasteiger partial charge on any atom is -0.384 e. The van der Waals surface area contributed by atoms with Crippen LogP contribution in [0.25, 0.3) is 0 Å². The summed E-state index contributed by atoms with van der Waals surface area (Å²) in [7, 11) is 0. The van der Waals surface area contributed by atoms with Crippen molar-refractivity contribution >= 4 is 17.4 Å². The Bertz CT molecular complexity index is 980. The summed E-state index contributed by atoms with van der Waals surface area (Å²) in [6, 6.07) is 7.09.